The molecule has 7 heteroatoms. The maximum absolute atomic E-state index is 13.2. The summed E-state index contributed by atoms with van der Waals surface area (Å²) in [6.45, 7) is 4.38. The summed E-state index contributed by atoms with van der Waals surface area (Å²) in [5.74, 6) is -0.199. The molecule has 0 bridgehead atoms. The number of aryl methyl sites for hydroxylation is 1. The van der Waals surface area contributed by atoms with Gasteiger partial charge in [0.05, 0.1) is 30.1 Å². The van der Waals surface area contributed by atoms with Crippen LogP contribution in [0.2, 0.25) is 0 Å². The second kappa shape index (κ2) is 6.50. The van der Waals surface area contributed by atoms with Gasteiger partial charge in [0.1, 0.15) is 5.82 Å². The van der Waals surface area contributed by atoms with Crippen LogP contribution in [0.3, 0.4) is 0 Å². The monoisotopic (exact) mass is 344 g/mol. The topological polar surface area (TPSA) is 105 Å². The van der Waals surface area contributed by atoms with Gasteiger partial charge in [0.15, 0.2) is 0 Å². The minimum Gasteiger partial charge on any atom is -0.394 e. The lowest BCUT2D eigenvalue weighted by Gasteiger charge is -2.24. The van der Waals surface area contributed by atoms with Crippen LogP contribution in [-0.4, -0.2) is 39.1 Å². The summed E-state index contributed by atoms with van der Waals surface area (Å²) in [4.78, 5) is 14.8. The van der Waals surface area contributed by atoms with Gasteiger partial charge in [0, 0.05) is 12.1 Å². The van der Waals surface area contributed by atoms with Gasteiger partial charge in [-0.1, -0.05) is 31.5 Å². The van der Waals surface area contributed by atoms with Crippen molar-refractivity contribution in [2.75, 3.05) is 23.8 Å². The van der Waals surface area contributed by atoms with Gasteiger partial charge in [-0.25, -0.2) is 4.68 Å². The number of nitrogen functional groups attached to an aromatic ring is 1. The van der Waals surface area contributed by atoms with Crippen LogP contribution < -0.4 is 10.6 Å². The number of benzene rings is 1. The summed E-state index contributed by atoms with van der Waals surface area (Å²) in [5.41, 5.74) is 6.34. The highest BCUT2D eigenvalue weighted by Crippen LogP contribution is 2.47. The van der Waals surface area contributed by atoms with Gasteiger partial charge in [-0.15, -0.1) is 0 Å². The molecule has 7 nitrogen and oxygen atoms in total. The summed E-state index contributed by atoms with van der Waals surface area (Å²) in [7, 11) is 0. The van der Waals surface area contributed by atoms with Crippen LogP contribution >= 0.6 is 0 Å². The number of hydrogen-bond donors (Lipinski definition) is 3. The molecule has 0 spiro atoms. The van der Waals surface area contributed by atoms with Crippen molar-refractivity contribution in [2.24, 2.45) is 0 Å². The highest BCUT2D eigenvalue weighted by molar-refractivity contribution is 6.09. The smallest absolute Gasteiger partial charge is 0.268 e. The summed E-state index contributed by atoms with van der Waals surface area (Å²) in [6.07, 6.45) is 1.79. The summed E-state index contributed by atoms with van der Waals surface area (Å²) >= 11 is 0. The molecular weight excluding hydrogens is 320 g/mol. The number of aliphatic hydroxyl groups is 2. The molecule has 25 heavy (non-hydrogen) atoms. The van der Waals surface area contributed by atoms with Crippen molar-refractivity contribution in [1.82, 2.24) is 9.78 Å². The van der Waals surface area contributed by atoms with Crippen molar-refractivity contribution in [1.29, 1.82) is 0 Å². The Hall–Kier alpha value is -2.38. The van der Waals surface area contributed by atoms with Crippen LogP contribution in [0.4, 0.5) is 11.5 Å². The van der Waals surface area contributed by atoms with E-state index in [0.29, 0.717) is 29.1 Å². The van der Waals surface area contributed by atoms with Crippen LogP contribution in [0.25, 0.3) is 0 Å². The van der Waals surface area contributed by atoms with Crippen LogP contribution in [0.1, 0.15) is 36.6 Å². The Kier molecular flexibility index (Phi) is 4.53. The normalized spacial score (nSPS) is 19.5. The molecule has 4 N–H and O–H groups in total. The Balaban J connectivity index is 2.17. The van der Waals surface area contributed by atoms with Crippen LogP contribution in [0, 0.1) is 6.92 Å². The number of amides is 1. The first kappa shape index (κ1) is 17.4. The van der Waals surface area contributed by atoms with Gasteiger partial charge < -0.3 is 20.8 Å². The zero-order chi connectivity index (χ0) is 18.2. The maximum atomic E-state index is 13.2. The maximum Gasteiger partial charge on any atom is 0.268 e. The zero-order valence-electron chi connectivity index (χ0n) is 14.6. The predicted molar refractivity (Wildman–Crippen MR) is 95.2 cm³/mol. The Bertz CT molecular complexity index is 802. The molecule has 0 fully saturated rings. The van der Waals surface area contributed by atoms with E-state index < -0.39 is 11.5 Å². The molecule has 2 aromatic rings. The average molecular weight is 344 g/mol. The summed E-state index contributed by atoms with van der Waals surface area (Å²) in [6, 6.07) is 7.23. The molecule has 1 amide bonds. The predicted octanol–water partition coefficient (Wildman–Crippen LogP) is 1.15. The number of aromatic nitrogens is 2. The first-order valence-corrected chi connectivity index (χ1v) is 8.54. The Morgan fingerprint density at radius 2 is 2.00 bits per heavy atom. The standard InChI is InChI=1S/C18H24N4O3/c1-3-4-9-21-14-8-6-5-7-13(14)18(25,17(21)24)15-12(2)20-22(10-11-23)16(15)19/h5-8,23,25H,3-4,9-11,19H2,1-2H3. The Labute approximate surface area is 146 Å². The van der Waals surface area contributed by atoms with E-state index in [0.717, 1.165) is 12.8 Å². The summed E-state index contributed by atoms with van der Waals surface area (Å²) < 4.78 is 1.42. The van der Waals surface area contributed by atoms with Gasteiger partial charge in [0.25, 0.3) is 5.91 Å². The molecule has 1 aliphatic rings. The number of carbonyl (C=O) groups excluding carboxylic acids is 1. The largest absolute Gasteiger partial charge is 0.394 e. The van der Waals surface area contributed by atoms with Crippen molar-refractivity contribution >= 4 is 17.4 Å². The quantitative estimate of drug-likeness (QED) is 0.729. The molecule has 1 aromatic carbocycles. The van der Waals surface area contributed by atoms with E-state index in [1.807, 2.05) is 12.1 Å². The van der Waals surface area contributed by atoms with E-state index >= 15 is 0 Å². The lowest BCUT2D eigenvalue weighted by atomic mass is 9.87. The third-order valence-corrected chi connectivity index (χ3v) is 4.71. The molecule has 1 aromatic heterocycles. The minimum absolute atomic E-state index is 0.129. The van der Waals surface area contributed by atoms with E-state index in [2.05, 4.69) is 12.0 Å². The summed E-state index contributed by atoms with van der Waals surface area (Å²) in [5, 5.41) is 25.0. The number of fused-ring (bicyclic) bond motifs is 1. The van der Waals surface area contributed by atoms with Gasteiger partial charge in [-0.05, 0) is 19.4 Å². The van der Waals surface area contributed by atoms with Gasteiger partial charge >= 0.3 is 0 Å². The number of nitrogens with zero attached hydrogens (tertiary/aromatic N) is 3. The third kappa shape index (κ3) is 2.51. The van der Waals surface area contributed by atoms with Crippen LogP contribution in [0.15, 0.2) is 24.3 Å². The molecule has 1 unspecified atom stereocenters. The van der Waals surface area contributed by atoms with E-state index in [4.69, 9.17) is 10.8 Å². The third-order valence-electron chi connectivity index (χ3n) is 4.71. The van der Waals surface area contributed by atoms with E-state index in [9.17, 15) is 9.90 Å². The van der Waals surface area contributed by atoms with Gasteiger partial charge in [0.2, 0.25) is 5.60 Å². The molecule has 3 rings (SSSR count). The molecule has 1 atom stereocenters. The zero-order valence-corrected chi connectivity index (χ0v) is 14.6. The Morgan fingerprint density at radius 3 is 2.68 bits per heavy atom. The van der Waals surface area contributed by atoms with Crippen molar-refractivity contribution < 1.29 is 15.0 Å². The minimum atomic E-state index is -1.85. The van der Waals surface area contributed by atoms with Crippen molar-refractivity contribution in [3.8, 4) is 0 Å². The molecule has 0 aliphatic carbocycles. The molecule has 0 radical (unpaired) electrons. The molecule has 0 saturated heterocycles. The van der Waals surface area contributed by atoms with E-state index in [-0.39, 0.29) is 19.0 Å². The second-order valence-corrected chi connectivity index (χ2v) is 6.33. The van der Waals surface area contributed by atoms with Crippen molar-refractivity contribution in [3.63, 3.8) is 0 Å². The number of carbonyl (C=O) groups is 1. The highest BCUT2D eigenvalue weighted by Gasteiger charge is 2.53. The number of hydrogen-bond acceptors (Lipinski definition) is 5. The Morgan fingerprint density at radius 1 is 1.28 bits per heavy atom. The van der Waals surface area contributed by atoms with Crippen molar-refractivity contribution in [2.45, 2.75) is 38.8 Å². The number of unbranched alkanes of at least 4 members (excludes halogenated alkanes) is 1. The number of anilines is 2. The highest BCUT2D eigenvalue weighted by atomic mass is 16.3. The van der Waals surface area contributed by atoms with E-state index in [1.165, 1.54) is 4.68 Å². The fourth-order valence-corrected chi connectivity index (χ4v) is 3.53. The fraction of sp³-hybridized carbons (Fsp3) is 0.444. The lowest BCUT2D eigenvalue weighted by Crippen LogP contribution is -2.42. The SMILES string of the molecule is CCCCN1C(=O)C(O)(c2c(C)nn(CCO)c2N)c2ccccc21. The fourth-order valence-electron chi connectivity index (χ4n) is 3.53. The lowest BCUT2D eigenvalue weighted by molar-refractivity contribution is -0.132. The first-order valence-electron chi connectivity index (χ1n) is 8.54. The van der Waals surface area contributed by atoms with Crippen LogP contribution in [0.5, 0.6) is 0 Å². The number of rotatable bonds is 6. The number of aliphatic hydroxyl groups excluding tert-OH is 1. The number of para-hydroxylation sites is 1. The first-order chi connectivity index (χ1) is 12.0. The molecule has 1 aliphatic heterocycles. The second-order valence-electron chi connectivity index (χ2n) is 6.33. The number of nitrogens with two attached hydrogens (primary N) is 1. The molecular formula is C18H24N4O3. The molecule has 0 saturated carbocycles. The van der Waals surface area contributed by atoms with Crippen LogP contribution in [-0.2, 0) is 16.9 Å². The van der Waals surface area contributed by atoms with E-state index in [1.54, 1.807) is 24.0 Å². The van der Waals surface area contributed by atoms with Gasteiger partial charge in [-0.3, -0.25) is 4.79 Å². The van der Waals surface area contributed by atoms with Crippen molar-refractivity contribution in [3.05, 3.63) is 41.1 Å². The molecule has 2 heterocycles. The average Bonchev–Trinajstić information content (AvgIpc) is 2.99. The molecule has 134 valence electrons. The van der Waals surface area contributed by atoms with Gasteiger partial charge in [-0.2, -0.15) is 5.10 Å².